The molecule has 0 saturated carbocycles. The van der Waals surface area contributed by atoms with Crippen molar-refractivity contribution in [2.24, 2.45) is 0 Å². The smallest absolute Gasteiger partial charge is 0.379 e. The van der Waals surface area contributed by atoms with Crippen molar-refractivity contribution >= 4 is 22.5 Å². The molecule has 1 aromatic carbocycles. The molecule has 1 amide bonds. The van der Waals surface area contributed by atoms with Crippen molar-refractivity contribution in [3.63, 3.8) is 0 Å². The number of anilines is 1. The van der Waals surface area contributed by atoms with Gasteiger partial charge in [0.1, 0.15) is 25.1 Å². The number of alkyl halides is 5. The fourth-order valence-corrected chi connectivity index (χ4v) is 4.82. The summed E-state index contributed by atoms with van der Waals surface area (Å²) in [7, 11) is 1.83. The number of aromatic nitrogens is 5. The van der Waals surface area contributed by atoms with Gasteiger partial charge in [-0.05, 0) is 31.7 Å². The Hall–Kier alpha value is -4.01. The van der Waals surface area contributed by atoms with E-state index in [1.807, 2.05) is 11.9 Å². The molecule has 40 heavy (non-hydrogen) atoms. The molecule has 2 atom stereocenters. The SMILES string of the molecule is CN1CC[C@@H](Nc2cccc3c2cc(-c2noc(CNC(=O)c4cncn4CCF)n2)n3CC(F)(F)F)[C@@H](F)C1. The van der Waals surface area contributed by atoms with Crippen LogP contribution < -0.4 is 10.6 Å². The second-order valence-electron chi connectivity index (χ2n) is 9.64. The molecule has 0 radical (unpaired) electrons. The van der Waals surface area contributed by atoms with E-state index in [0.717, 1.165) is 4.57 Å². The summed E-state index contributed by atoms with van der Waals surface area (Å²) in [6.45, 7) is -1.30. The van der Waals surface area contributed by atoms with Gasteiger partial charge in [0, 0.05) is 24.2 Å². The van der Waals surface area contributed by atoms with Gasteiger partial charge in [-0.2, -0.15) is 18.2 Å². The van der Waals surface area contributed by atoms with Crippen molar-refractivity contribution in [1.29, 1.82) is 0 Å². The van der Waals surface area contributed by atoms with Crippen molar-refractivity contribution < 1.29 is 31.3 Å². The van der Waals surface area contributed by atoms with Crippen LogP contribution in [0.4, 0.5) is 27.6 Å². The summed E-state index contributed by atoms with van der Waals surface area (Å²) >= 11 is 0. The van der Waals surface area contributed by atoms with Crippen molar-refractivity contribution in [2.75, 3.05) is 32.1 Å². The molecule has 3 aromatic heterocycles. The highest BCUT2D eigenvalue weighted by atomic mass is 19.4. The lowest BCUT2D eigenvalue weighted by molar-refractivity contribution is -0.139. The maximum atomic E-state index is 14.7. The van der Waals surface area contributed by atoms with Gasteiger partial charge >= 0.3 is 6.18 Å². The van der Waals surface area contributed by atoms with Crippen LogP contribution in [0, 0.1) is 0 Å². The number of carbonyl (C=O) groups is 1. The summed E-state index contributed by atoms with van der Waals surface area (Å²) in [4.78, 5) is 22.4. The minimum absolute atomic E-state index is 0.0438. The number of nitrogens with one attached hydrogen (secondary N) is 2. The van der Waals surface area contributed by atoms with Gasteiger partial charge < -0.3 is 29.2 Å². The summed E-state index contributed by atoms with van der Waals surface area (Å²) in [5.74, 6) is -0.720. The van der Waals surface area contributed by atoms with Gasteiger partial charge in [-0.25, -0.2) is 13.8 Å². The molecule has 1 fully saturated rings. The first-order valence-corrected chi connectivity index (χ1v) is 12.6. The highest BCUT2D eigenvalue weighted by Crippen LogP contribution is 2.35. The zero-order chi connectivity index (χ0) is 28.4. The zero-order valence-electron chi connectivity index (χ0n) is 21.5. The van der Waals surface area contributed by atoms with E-state index in [2.05, 4.69) is 25.8 Å². The molecule has 15 heteroatoms. The summed E-state index contributed by atoms with van der Waals surface area (Å²) in [5, 5.41) is 10.0. The number of imidazole rings is 1. The highest BCUT2D eigenvalue weighted by molar-refractivity contribution is 5.96. The number of likely N-dealkylation sites (tertiary alicyclic amines) is 1. The number of aryl methyl sites for hydroxylation is 1. The van der Waals surface area contributed by atoms with Crippen molar-refractivity contribution in [3.05, 3.63) is 48.4 Å². The van der Waals surface area contributed by atoms with Crippen LogP contribution in [0.3, 0.4) is 0 Å². The number of piperidine rings is 1. The van der Waals surface area contributed by atoms with Crippen LogP contribution in [-0.4, -0.2) is 80.3 Å². The van der Waals surface area contributed by atoms with Crippen LogP contribution in [0.2, 0.25) is 0 Å². The maximum absolute atomic E-state index is 14.7. The summed E-state index contributed by atoms with van der Waals surface area (Å²) < 4.78 is 75.8. The Morgan fingerprint density at radius 3 is 2.85 bits per heavy atom. The second-order valence-corrected chi connectivity index (χ2v) is 9.64. The third-order valence-corrected chi connectivity index (χ3v) is 6.74. The lowest BCUT2D eigenvalue weighted by Crippen LogP contribution is -2.46. The van der Waals surface area contributed by atoms with Gasteiger partial charge in [-0.15, -0.1) is 0 Å². The Bertz CT molecular complexity index is 1480. The van der Waals surface area contributed by atoms with Crippen LogP contribution in [-0.2, 0) is 19.6 Å². The molecule has 10 nitrogen and oxygen atoms in total. The predicted molar refractivity (Wildman–Crippen MR) is 135 cm³/mol. The lowest BCUT2D eigenvalue weighted by Gasteiger charge is -2.33. The third kappa shape index (κ3) is 5.93. The zero-order valence-corrected chi connectivity index (χ0v) is 21.5. The standard InChI is InChI=1S/C25H27F5N8O2/c1-36-7-5-18(16(27)12-36)33-17-3-2-4-19-15(17)9-20(38(19)13-25(28,29)30)23-34-22(40-35-23)11-32-24(39)21-10-31-14-37(21)8-6-26/h2-4,9-10,14,16,18,33H,5-8,11-13H2,1H3,(H,32,39)/t16-,18+/m0/s1. The van der Waals surface area contributed by atoms with Crippen LogP contribution in [0.25, 0.3) is 22.4 Å². The van der Waals surface area contributed by atoms with Gasteiger partial charge in [0.25, 0.3) is 5.91 Å². The summed E-state index contributed by atoms with van der Waals surface area (Å²) in [6, 6.07) is 5.86. The number of amides is 1. The summed E-state index contributed by atoms with van der Waals surface area (Å²) in [5.41, 5.74) is 0.936. The van der Waals surface area contributed by atoms with E-state index in [4.69, 9.17) is 4.52 Å². The van der Waals surface area contributed by atoms with Crippen LogP contribution >= 0.6 is 0 Å². The van der Waals surface area contributed by atoms with E-state index in [9.17, 15) is 26.7 Å². The van der Waals surface area contributed by atoms with Crippen molar-refractivity contribution in [3.8, 4) is 11.5 Å². The Morgan fingerprint density at radius 2 is 2.10 bits per heavy atom. The van der Waals surface area contributed by atoms with Crippen molar-refractivity contribution in [1.82, 2.24) is 34.5 Å². The van der Waals surface area contributed by atoms with E-state index in [-0.39, 0.29) is 48.3 Å². The largest absolute Gasteiger partial charge is 0.406 e. The molecule has 214 valence electrons. The first kappa shape index (κ1) is 27.6. The molecular weight excluding hydrogens is 539 g/mol. The third-order valence-electron chi connectivity index (χ3n) is 6.74. The molecule has 2 N–H and O–H groups in total. The number of carbonyl (C=O) groups excluding carboxylic acids is 1. The van der Waals surface area contributed by atoms with Gasteiger partial charge in [0.2, 0.25) is 11.7 Å². The number of rotatable bonds is 9. The van der Waals surface area contributed by atoms with Crippen LogP contribution in [0.1, 0.15) is 22.8 Å². The molecule has 0 unspecified atom stereocenters. The Morgan fingerprint density at radius 1 is 1.27 bits per heavy atom. The predicted octanol–water partition coefficient (Wildman–Crippen LogP) is 3.80. The second kappa shape index (κ2) is 11.2. The Labute approximate surface area is 225 Å². The molecule has 1 aliphatic rings. The summed E-state index contributed by atoms with van der Waals surface area (Å²) in [6.07, 6.45) is -2.55. The van der Waals surface area contributed by atoms with Gasteiger partial charge in [-0.1, -0.05) is 11.2 Å². The van der Waals surface area contributed by atoms with Crippen LogP contribution in [0.5, 0.6) is 0 Å². The van der Waals surface area contributed by atoms with E-state index in [0.29, 0.717) is 24.0 Å². The average molecular weight is 567 g/mol. The number of nitrogens with zero attached hydrogens (tertiary/aromatic N) is 6. The number of benzene rings is 1. The normalized spacial score (nSPS) is 18.4. The van der Waals surface area contributed by atoms with Gasteiger partial charge in [0.15, 0.2) is 0 Å². The quantitative estimate of drug-likeness (QED) is 0.297. The molecular formula is C25H27F5N8O2. The monoisotopic (exact) mass is 566 g/mol. The maximum Gasteiger partial charge on any atom is 0.406 e. The molecule has 1 saturated heterocycles. The number of hydrogen-bond acceptors (Lipinski definition) is 7. The van der Waals surface area contributed by atoms with Gasteiger partial charge in [-0.3, -0.25) is 4.79 Å². The fraction of sp³-hybridized carbons (Fsp3) is 0.440. The average Bonchev–Trinajstić information content (AvgIpc) is 3.63. The Balaban J connectivity index is 1.41. The molecule has 1 aliphatic heterocycles. The highest BCUT2D eigenvalue weighted by Gasteiger charge is 2.32. The molecule has 0 spiro atoms. The Kier molecular flexibility index (Phi) is 7.74. The van der Waals surface area contributed by atoms with E-state index in [1.54, 1.807) is 18.2 Å². The van der Waals surface area contributed by atoms with E-state index >= 15 is 0 Å². The fourth-order valence-electron chi connectivity index (χ4n) is 4.82. The minimum Gasteiger partial charge on any atom is -0.379 e. The lowest BCUT2D eigenvalue weighted by atomic mass is 10.0. The molecule has 5 rings (SSSR count). The molecule has 4 heterocycles. The van der Waals surface area contributed by atoms with Gasteiger partial charge in [0.05, 0.1) is 42.9 Å². The van der Waals surface area contributed by atoms with Crippen molar-refractivity contribution in [2.45, 2.75) is 44.4 Å². The molecule has 4 aromatic rings. The number of fused-ring (bicyclic) bond motifs is 1. The van der Waals surface area contributed by atoms with Crippen LogP contribution in [0.15, 0.2) is 41.3 Å². The first-order valence-electron chi connectivity index (χ1n) is 12.6. The number of halogens is 5. The molecule has 0 aliphatic carbocycles. The number of hydrogen-bond donors (Lipinski definition) is 2. The van der Waals surface area contributed by atoms with E-state index < -0.39 is 37.5 Å². The molecule has 0 bridgehead atoms. The minimum atomic E-state index is -4.55. The van der Waals surface area contributed by atoms with E-state index in [1.165, 1.54) is 23.2 Å². The topological polar surface area (TPSA) is 106 Å². The first-order chi connectivity index (χ1) is 19.1.